The van der Waals surface area contributed by atoms with Gasteiger partial charge in [-0.25, -0.2) is 4.79 Å². The predicted octanol–water partition coefficient (Wildman–Crippen LogP) is 2.08. The Bertz CT molecular complexity index is 545. The molecule has 1 N–H and O–H groups in total. The Morgan fingerprint density at radius 3 is 2.61 bits per heavy atom. The summed E-state index contributed by atoms with van der Waals surface area (Å²) in [5, 5.41) is 2.88. The molecule has 0 radical (unpaired) electrons. The summed E-state index contributed by atoms with van der Waals surface area (Å²) in [6.07, 6.45) is 0.863. The Morgan fingerprint density at radius 2 is 2.00 bits per heavy atom. The van der Waals surface area contributed by atoms with Crippen LogP contribution >= 0.6 is 0 Å². The molecule has 0 fully saturated rings. The number of aryl methyl sites for hydroxylation is 1. The van der Waals surface area contributed by atoms with Crippen LogP contribution in [0.4, 0.5) is 5.69 Å². The van der Waals surface area contributed by atoms with Crippen molar-refractivity contribution >= 4 is 17.6 Å². The number of likely N-dealkylation sites (N-methyl/N-ethyl adjacent to an activating group) is 1. The fraction of sp³-hybridized carbons (Fsp3) is 0.529. The van der Waals surface area contributed by atoms with E-state index in [0.717, 1.165) is 18.5 Å². The maximum Gasteiger partial charge on any atom is 0.337 e. The maximum atomic E-state index is 12.4. The quantitative estimate of drug-likeness (QED) is 0.586. The first kappa shape index (κ1) is 19.1. The van der Waals surface area contributed by atoms with Crippen molar-refractivity contribution in [3.8, 4) is 0 Å². The number of nitrogens with one attached hydrogen (secondary N) is 1. The zero-order chi connectivity index (χ0) is 17.4. The molecule has 1 atom stereocenters. The average Bonchev–Trinajstić information content (AvgIpc) is 2.55. The van der Waals surface area contributed by atoms with E-state index >= 15 is 0 Å². The van der Waals surface area contributed by atoms with Crippen LogP contribution in [0.3, 0.4) is 0 Å². The van der Waals surface area contributed by atoms with Crippen molar-refractivity contribution in [3.63, 3.8) is 0 Å². The first-order valence-electron chi connectivity index (χ1n) is 7.59. The molecule has 0 saturated heterocycles. The Hall–Kier alpha value is -1.92. The first-order valence-corrected chi connectivity index (χ1v) is 7.59. The first-order chi connectivity index (χ1) is 10.9. The highest BCUT2D eigenvalue weighted by Gasteiger charge is 2.19. The number of esters is 1. The van der Waals surface area contributed by atoms with Gasteiger partial charge in [-0.1, -0.05) is 6.07 Å². The van der Waals surface area contributed by atoms with E-state index in [1.165, 1.54) is 7.11 Å². The molecule has 1 rings (SSSR count). The molecule has 1 aromatic carbocycles. The van der Waals surface area contributed by atoms with Crippen molar-refractivity contribution in [3.05, 3.63) is 29.3 Å². The molecule has 0 aliphatic carbocycles. The molecule has 0 bridgehead atoms. The van der Waals surface area contributed by atoms with Gasteiger partial charge in [-0.15, -0.1) is 0 Å². The molecule has 23 heavy (non-hydrogen) atoms. The number of benzene rings is 1. The van der Waals surface area contributed by atoms with E-state index in [0.29, 0.717) is 17.9 Å². The Morgan fingerprint density at radius 1 is 1.30 bits per heavy atom. The minimum atomic E-state index is -0.426. The number of anilines is 1. The summed E-state index contributed by atoms with van der Waals surface area (Å²) < 4.78 is 9.72. The zero-order valence-electron chi connectivity index (χ0n) is 14.5. The summed E-state index contributed by atoms with van der Waals surface area (Å²) in [5.74, 6) is -0.541. The SMILES string of the molecule is COCCCN(C)C(C)C(=O)Nc1cc(C(=O)OC)ccc1C. The number of methoxy groups -OCH3 is 2. The van der Waals surface area contributed by atoms with E-state index in [-0.39, 0.29) is 11.9 Å². The second-order valence-electron chi connectivity index (χ2n) is 5.51. The largest absolute Gasteiger partial charge is 0.465 e. The summed E-state index contributed by atoms with van der Waals surface area (Å²) >= 11 is 0. The lowest BCUT2D eigenvalue weighted by Gasteiger charge is -2.24. The lowest BCUT2D eigenvalue weighted by atomic mass is 10.1. The number of nitrogens with zero attached hydrogens (tertiary/aromatic N) is 1. The summed E-state index contributed by atoms with van der Waals surface area (Å²) in [4.78, 5) is 26.0. The predicted molar refractivity (Wildman–Crippen MR) is 89.7 cm³/mol. The molecular weight excluding hydrogens is 296 g/mol. The molecule has 0 aliphatic heterocycles. The highest BCUT2D eigenvalue weighted by atomic mass is 16.5. The van der Waals surface area contributed by atoms with Crippen LogP contribution < -0.4 is 5.32 Å². The summed E-state index contributed by atoms with van der Waals surface area (Å²) in [7, 11) is 4.89. The summed E-state index contributed by atoms with van der Waals surface area (Å²) in [6.45, 7) is 5.16. The lowest BCUT2D eigenvalue weighted by molar-refractivity contribution is -0.120. The van der Waals surface area contributed by atoms with Gasteiger partial charge in [-0.2, -0.15) is 0 Å². The maximum absolute atomic E-state index is 12.4. The third-order valence-corrected chi connectivity index (χ3v) is 3.82. The van der Waals surface area contributed by atoms with Crippen molar-refractivity contribution in [2.75, 3.05) is 39.7 Å². The van der Waals surface area contributed by atoms with Gasteiger partial charge in [0.15, 0.2) is 0 Å². The molecule has 0 aromatic heterocycles. The molecule has 128 valence electrons. The monoisotopic (exact) mass is 322 g/mol. The zero-order valence-corrected chi connectivity index (χ0v) is 14.5. The van der Waals surface area contributed by atoms with Gasteiger partial charge in [0.25, 0.3) is 0 Å². The van der Waals surface area contributed by atoms with Crippen LogP contribution in [-0.4, -0.2) is 57.2 Å². The number of carbonyl (C=O) groups excluding carboxylic acids is 2. The van der Waals surface area contributed by atoms with Crippen LogP contribution in [0, 0.1) is 6.92 Å². The van der Waals surface area contributed by atoms with Gasteiger partial charge in [-0.05, 0) is 45.0 Å². The molecule has 0 aliphatic rings. The third-order valence-electron chi connectivity index (χ3n) is 3.82. The molecule has 6 nitrogen and oxygen atoms in total. The van der Waals surface area contributed by atoms with Crippen LogP contribution in [0.15, 0.2) is 18.2 Å². The Balaban J connectivity index is 2.74. The minimum Gasteiger partial charge on any atom is -0.465 e. The molecule has 0 heterocycles. The fourth-order valence-corrected chi connectivity index (χ4v) is 2.09. The Kier molecular flexibility index (Phi) is 7.71. The van der Waals surface area contributed by atoms with E-state index < -0.39 is 5.97 Å². The summed E-state index contributed by atoms with van der Waals surface area (Å²) in [6, 6.07) is 4.82. The molecular formula is C17H26N2O4. The number of hydrogen-bond acceptors (Lipinski definition) is 5. The molecule has 1 aromatic rings. The van der Waals surface area contributed by atoms with Crippen LogP contribution in [0.1, 0.15) is 29.3 Å². The van der Waals surface area contributed by atoms with Crippen LogP contribution in [0.5, 0.6) is 0 Å². The van der Waals surface area contributed by atoms with E-state index in [9.17, 15) is 9.59 Å². The minimum absolute atomic E-state index is 0.116. The van der Waals surface area contributed by atoms with Gasteiger partial charge >= 0.3 is 5.97 Å². The number of rotatable bonds is 8. The van der Waals surface area contributed by atoms with Gasteiger partial charge < -0.3 is 14.8 Å². The standard InChI is InChI=1S/C17H26N2O4/c1-12-7-8-14(17(21)23-5)11-15(12)18-16(20)13(2)19(3)9-6-10-22-4/h7-8,11,13H,6,9-10H2,1-5H3,(H,18,20). The van der Waals surface area contributed by atoms with Crippen LogP contribution in [0.25, 0.3) is 0 Å². The van der Waals surface area contributed by atoms with Gasteiger partial charge in [0.2, 0.25) is 5.91 Å². The molecule has 1 amide bonds. The Labute approximate surface area is 137 Å². The fourth-order valence-electron chi connectivity index (χ4n) is 2.09. The molecule has 6 heteroatoms. The van der Waals surface area contributed by atoms with Crippen molar-refractivity contribution in [1.29, 1.82) is 0 Å². The highest BCUT2D eigenvalue weighted by Crippen LogP contribution is 2.18. The van der Waals surface area contributed by atoms with Gasteiger partial charge in [0, 0.05) is 25.9 Å². The number of carbonyl (C=O) groups is 2. The topological polar surface area (TPSA) is 67.9 Å². The van der Waals surface area contributed by atoms with Crippen LogP contribution in [-0.2, 0) is 14.3 Å². The van der Waals surface area contributed by atoms with Gasteiger partial charge in [0.05, 0.1) is 18.7 Å². The second kappa shape index (κ2) is 9.27. The van der Waals surface area contributed by atoms with Crippen molar-refractivity contribution in [2.24, 2.45) is 0 Å². The van der Waals surface area contributed by atoms with Gasteiger partial charge in [-0.3, -0.25) is 9.69 Å². The number of ether oxygens (including phenoxy) is 2. The van der Waals surface area contributed by atoms with Crippen molar-refractivity contribution < 1.29 is 19.1 Å². The normalized spacial score (nSPS) is 12.1. The summed E-state index contributed by atoms with van der Waals surface area (Å²) in [5.41, 5.74) is 1.92. The second-order valence-corrected chi connectivity index (χ2v) is 5.51. The molecule has 0 spiro atoms. The molecule has 1 unspecified atom stereocenters. The smallest absolute Gasteiger partial charge is 0.337 e. The lowest BCUT2D eigenvalue weighted by Crippen LogP contribution is -2.40. The van der Waals surface area contributed by atoms with E-state index in [2.05, 4.69) is 5.32 Å². The molecule has 0 saturated carbocycles. The van der Waals surface area contributed by atoms with E-state index in [1.807, 2.05) is 25.8 Å². The number of amides is 1. The number of hydrogen-bond donors (Lipinski definition) is 1. The van der Waals surface area contributed by atoms with E-state index in [1.54, 1.807) is 25.3 Å². The van der Waals surface area contributed by atoms with Crippen LogP contribution in [0.2, 0.25) is 0 Å². The third kappa shape index (κ3) is 5.65. The van der Waals surface area contributed by atoms with Crippen molar-refractivity contribution in [2.45, 2.75) is 26.3 Å². The average molecular weight is 322 g/mol. The van der Waals surface area contributed by atoms with Gasteiger partial charge in [0.1, 0.15) is 0 Å². The highest BCUT2D eigenvalue weighted by molar-refractivity contribution is 5.97. The van der Waals surface area contributed by atoms with E-state index in [4.69, 9.17) is 9.47 Å². The van der Waals surface area contributed by atoms with Crippen molar-refractivity contribution in [1.82, 2.24) is 4.90 Å².